The van der Waals surface area contributed by atoms with E-state index in [-0.39, 0.29) is 30.0 Å². The summed E-state index contributed by atoms with van der Waals surface area (Å²) in [6.07, 6.45) is 1.30. The highest BCUT2D eigenvalue weighted by Crippen LogP contribution is 2.40. The highest BCUT2D eigenvalue weighted by Gasteiger charge is 2.50. The van der Waals surface area contributed by atoms with Crippen LogP contribution in [0.4, 0.5) is 0 Å². The predicted molar refractivity (Wildman–Crippen MR) is 114 cm³/mol. The van der Waals surface area contributed by atoms with Crippen LogP contribution in [0.15, 0.2) is 33.5 Å². The van der Waals surface area contributed by atoms with Gasteiger partial charge in [-0.2, -0.15) is 0 Å². The number of Topliss-reactive ketones (excluding diaryl/α,β-unsaturated/α-hetero) is 1. The topological polar surface area (TPSA) is 99.0 Å². The Bertz CT molecular complexity index is 845. The van der Waals surface area contributed by atoms with Crippen molar-refractivity contribution >= 4 is 15.5 Å². The number of hydrogen-bond acceptors (Lipinski definition) is 6. The number of rotatable bonds is 6. The zero-order chi connectivity index (χ0) is 21.2. The van der Waals surface area contributed by atoms with Crippen molar-refractivity contribution in [3.05, 3.63) is 29.8 Å². The first kappa shape index (κ1) is 22.4. The molecular weight excluding hydrogens is 388 g/mol. The van der Waals surface area contributed by atoms with Crippen LogP contribution in [0.2, 0.25) is 0 Å². The van der Waals surface area contributed by atoms with Crippen molar-refractivity contribution in [3.8, 4) is 0 Å². The molecule has 1 aliphatic carbocycles. The monoisotopic (exact) mass is 422 g/mol. The molecule has 1 saturated heterocycles. The van der Waals surface area contributed by atoms with Crippen molar-refractivity contribution in [2.45, 2.75) is 69.0 Å². The molecule has 0 radical (unpaired) electrons. The number of hydrogen-bond donors (Lipinski definition) is 3. The standard InChI is InChI=1S/C22H34N2O4S/c1-15(2)20(13-25)24-29(28,18-6-4-16(3)5-7-18)14-22-10-8-17(26)12-19(22)21(27)9-11-23-22/h4-7,15,19-21,23,25,27H,8-14H2,1-3H3/t19-,20+,21-,22+,29?/m0/s1. The highest BCUT2D eigenvalue weighted by molar-refractivity contribution is 7.93. The van der Waals surface area contributed by atoms with Gasteiger partial charge in [-0.1, -0.05) is 31.5 Å². The number of aryl methyl sites for hydroxylation is 1. The molecule has 0 spiro atoms. The molecule has 1 aromatic rings. The SMILES string of the molecule is Cc1ccc(S(=O)(C[C@]23CCC(=O)C[C@H]2[C@@H](O)CCN3)=N[C@H](CO)C(C)C)cc1. The van der Waals surface area contributed by atoms with Crippen LogP contribution in [0, 0.1) is 18.8 Å². The van der Waals surface area contributed by atoms with Gasteiger partial charge in [-0.3, -0.25) is 4.79 Å². The Kier molecular flexibility index (Phi) is 6.83. The zero-order valence-corrected chi connectivity index (χ0v) is 18.5. The maximum atomic E-state index is 14.4. The average Bonchev–Trinajstić information content (AvgIpc) is 2.67. The fourth-order valence-electron chi connectivity index (χ4n) is 4.58. The van der Waals surface area contributed by atoms with Crippen molar-refractivity contribution < 1.29 is 19.2 Å². The normalized spacial score (nSPS) is 30.5. The summed E-state index contributed by atoms with van der Waals surface area (Å²) in [5.41, 5.74) is 0.484. The molecule has 3 N–H and O–H groups in total. The van der Waals surface area contributed by atoms with Gasteiger partial charge in [0.2, 0.25) is 0 Å². The summed E-state index contributed by atoms with van der Waals surface area (Å²) < 4.78 is 19.1. The fourth-order valence-corrected chi connectivity index (χ4v) is 7.41. The molecule has 6 nitrogen and oxygen atoms in total. The largest absolute Gasteiger partial charge is 0.394 e. The number of aliphatic hydroxyl groups is 2. The number of carbonyl (C=O) groups is 1. The number of nitrogens with one attached hydrogen (secondary N) is 1. The summed E-state index contributed by atoms with van der Waals surface area (Å²) in [6, 6.07) is 7.13. The van der Waals surface area contributed by atoms with E-state index >= 15 is 0 Å². The molecule has 0 aromatic heterocycles. The number of nitrogens with zero attached hydrogens (tertiary/aromatic N) is 1. The molecule has 1 heterocycles. The lowest BCUT2D eigenvalue weighted by Crippen LogP contribution is -2.65. The first-order valence-corrected chi connectivity index (χ1v) is 12.2. The van der Waals surface area contributed by atoms with Crippen molar-refractivity contribution in [2.75, 3.05) is 18.9 Å². The van der Waals surface area contributed by atoms with Gasteiger partial charge < -0.3 is 15.5 Å². The minimum Gasteiger partial charge on any atom is -0.394 e. The number of aliphatic hydroxyl groups excluding tert-OH is 2. The second kappa shape index (κ2) is 8.84. The van der Waals surface area contributed by atoms with Crippen LogP contribution in [-0.4, -0.2) is 56.8 Å². The molecule has 7 heteroatoms. The summed E-state index contributed by atoms with van der Waals surface area (Å²) in [6.45, 7) is 6.37. The van der Waals surface area contributed by atoms with Gasteiger partial charge in [0.1, 0.15) is 5.78 Å². The van der Waals surface area contributed by atoms with Crippen molar-refractivity contribution in [3.63, 3.8) is 0 Å². The Morgan fingerprint density at radius 2 is 2.00 bits per heavy atom. The van der Waals surface area contributed by atoms with Crippen molar-refractivity contribution in [2.24, 2.45) is 16.2 Å². The second-order valence-corrected chi connectivity index (χ2v) is 11.2. The van der Waals surface area contributed by atoms with Gasteiger partial charge in [-0.25, -0.2) is 8.57 Å². The average molecular weight is 423 g/mol. The van der Waals surface area contributed by atoms with E-state index < -0.39 is 27.4 Å². The maximum absolute atomic E-state index is 14.4. The number of fused-ring (bicyclic) bond motifs is 1. The lowest BCUT2D eigenvalue weighted by molar-refractivity contribution is -0.127. The quantitative estimate of drug-likeness (QED) is 0.653. The summed E-state index contributed by atoms with van der Waals surface area (Å²) in [5, 5.41) is 24.0. The Morgan fingerprint density at radius 3 is 2.62 bits per heavy atom. The number of ketones is 1. The molecule has 1 aromatic carbocycles. The van der Waals surface area contributed by atoms with Gasteiger partial charge in [0.25, 0.3) is 0 Å². The van der Waals surface area contributed by atoms with Crippen LogP contribution < -0.4 is 5.32 Å². The van der Waals surface area contributed by atoms with Crippen LogP contribution in [-0.2, 0) is 14.5 Å². The van der Waals surface area contributed by atoms with Gasteiger partial charge in [-0.15, -0.1) is 0 Å². The van der Waals surface area contributed by atoms with Crippen LogP contribution in [0.25, 0.3) is 0 Å². The van der Waals surface area contributed by atoms with Gasteiger partial charge in [0, 0.05) is 29.2 Å². The lowest BCUT2D eigenvalue weighted by Gasteiger charge is -2.50. The number of carbonyl (C=O) groups excluding carboxylic acids is 1. The molecule has 1 unspecified atom stereocenters. The summed E-state index contributed by atoms with van der Waals surface area (Å²) in [4.78, 5) is 12.8. The second-order valence-electron chi connectivity index (χ2n) is 8.99. The van der Waals surface area contributed by atoms with E-state index in [0.717, 1.165) is 5.56 Å². The minimum atomic E-state index is -2.88. The van der Waals surface area contributed by atoms with E-state index in [1.54, 1.807) is 0 Å². The molecule has 0 bridgehead atoms. The van der Waals surface area contributed by atoms with Crippen molar-refractivity contribution in [1.82, 2.24) is 5.32 Å². The van der Waals surface area contributed by atoms with Crippen molar-refractivity contribution in [1.29, 1.82) is 0 Å². The summed E-state index contributed by atoms with van der Waals surface area (Å²) in [5.74, 6) is 0.187. The van der Waals surface area contributed by atoms with E-state index in [1.165, 1.54) is 0 Å². The fraction of sp³-hybridized carbons (Fsp3) is 0.682. The predicted octanol–water partition coefficient (Wildman–Crippen LogP) is 2.30. The number of benzene rings is 1. The van der Waals surface area contributed by atoms with Crippen LogP contribution in [0.3, 0.4) is 0 Å². The summed E-state index contributed by atoms with van der Waals surface area (Å²) in [7, 11) is -2.88. The Morgan fingerprint density at radius 1 is 1.31 bits per heavy atom. The van der Waals surface area contributed by atoms with Crippen LogP contribution in [0.1, 0.15) is 45.1 Å². The third-order valence-corrected chi connectivity index (χ3v) is 9.02. The first-order chi connectivity index (χ1) is 13.7. The minimum absolute atomic E-state index is 0.0532. The lowest BCUT2D eigenvalue weighted by atomic mass is 9.68. The molecule has 1 saturated carbocycles. The van der Waals surface area contributed by atoms with Gasteiger partial charge in [0.05, 0.1) is 34.2 Å². The van der Waals surface area contributed by atoms with Crippen LogP contribution >= 0.6 is 0 Å². The van der Waals surface area contributed by atoms with Gasteiger partial charge in [0.15, 0.2) is 0 Å². The van der Waals surface area contributed by atoms with E-state index in [2.05, 4.69) is 5.32 Å². The molecule has 3 rings (SSSR count). The molecule has 2 aliphatic rings. The molecular formula is C22H34N2O4S. The molecule has 162 valence electrons. The summed E-state index contributed by atoms with van der Waals surface area (Å²) >= 11 is 0. The Labute approximate surface area is 174 Å². The number of piperidine rings is 1. The van der Waals surface area contributed by atoms with Gasteiger partial charge >= 0.3 is 0 Å². The third-order valence-electron chi connectivity index (χ3n) is 6.49. The van der Waals surface area contributed by atoms with E-state index in [0.29, 0.717) is 37.1 Å². The Balaban J connectivity index is 2.09. The molecule has 0 amide bonds. The maximum Gasteiger partial charge on any atom is 0.133 e. The van der Waals surface area contributed by atoms with E-state index in [9.17, 15) is 19.2 Å². The zero-order valence-electron chi connectivity index (χ0n) is 17.6. The molecule has 29 heavy (non-hydrogen) atoms. The highest BCUT2D eigenvalue weighted by atomic mass is 32.2. The molecule has 5 atom stereocenters. The van der Waals surface area contributed by atoms with E-state index in [4.69, 9.17) is 4.36 Å². The molecule has 2 fully saturated rings. The smallest absolute Gasteiger partial charge is 0.133 e. The van der Waals surface area contributed by atoms with E-state index in [1.807, 2.05) is 45.0 Å². The van der Waals surface area contributed by atoms with Gasteiger partial charge in [-0.05, 0) is 44.4 Å². The molecule has 1 aliphatic heterocycles. The first-order valence-electron chi connectivity index (χ1n) is 10.6. The van der Waals surface area contributed by atoms with Crippen LogP contribution in [0.5, 0.6) is 0 Å². The third kappa shape index (κ3) is 4.74. The Hall–Kier alpha value is -1.28.